The number of imidazole rings is 1. The topological polar surface area (TPSA) is 55.1 Å². The van der Waals surface area contributed by atoms with E-state index in [1.54, 1.807) is 17.5 Å². The lowest BCUT2D eigenvalue weighted by Crippen LogP contribution is -1.94. The Bertz CT molecular complexity index is 1040. The van der Waals surface area contributed by atoms with E-state index in [1.165, 1.54) is 0 Å². The average Bonchev–Trinajstić information content (AvgIpc) is 3.14. The van der Waals surface area contributed by atoms with E-state index in [2.05, 4.69) is 15.3 Å². The average molecular weight is 356 g/mol. The number of rotatable bonds is 3. The number of fused-ring (bicyclic) bond motifs is 1. The van der Waals surface area contributed by atoms with Crippen molar-refractivity contribution in [1.82, 2.24) is 19.4 Å². The van der Waals surface area contributed by atoms with Crippen LogP contribution in [-0.2, 0) is 0 Å². The Balaban J connectivity index is 1.72. The molecule has 1 N–H and O–H groups in total. The SMILES string of the molecule is Cc1nc2ncccn2c1-c1csc(Nc2cccc(Cl)c2C)n1. The predicted octanol–water partition coefficient (Wildman–Crippen LogP) is 4.87. The van der Waals surface area contributed by atoms with Gasteiger partial charge in [0.05, 0.1) is 11.4 Å². The highest BCUT2D eigenvalue weighted by Gasteiger charge is 2.15. The molecule has 4 rings (SSSR count). The molecule has 0 saturated heterocycles. The van der Waals surface area contributed by atoms with Crippen molar-refractivity contribution in [2.45, 2.75) is 13.8 Å². The fourth-order valence-corrected chi connectivity index (χ4v) is 3.49. The van der Waals surface area contributed by atoms with Gasteiger partial charge in [-0.15, -0.1) is 11.3 Å². The number of aryl methyl sites for hydroxylation is 1. The minimum atomic E-state index is 0.679. The third-order valence-electron chi connectivity index (χ3n) is 3.83. The van der Waals surface area contributed by atoms with Crippen LogP contribution >= 0.6 is 22.9 Å². The molecule has 0 spiro atoms. The molecule has 5 nitrogen and oxygen atoms in total. The van der Waals surface area contributed by atoms with Crippen molar-refractivity contribution in [2.24, 2.45) is 0 Å². The number of nitrogens with one attached hydrogen (secondary N) is 1. The molecule has 0 saturated carbocycles. The summed E-state index contributed by atoms with van der Waals surface area (Å²) in [6.45, 7) is 3.96. The van der Waals surface area contributed by atoms with Gasteiger partial charge in [-0.2, -0.15) is 0 Å². The summed E-state index contributed by atoms with van der Waals surface area (Å²) < 4.78 is 1.96. The fourth-order valence-electron chi connectivity index (χ4n) is 2.60. The monoisotopic (exact) mass is 355 g/mol. The number of hydrogen-bond acceptors (Lipinski definition) is 5. The van der Waals surface area contributed by atoms with Gasteiger partial charge in [0.1, 0.15) is 5.69 Å². The summed E-state index contributed by atoms with van der Waals surface area (Å²) in [4.78, 5) is 13.5. The summed E-state index contributed by atoms with van der Waals surface area (Å²) in [6, 6.07) is 7.68. The molecule has 24 heavy (non-hydrogen) atoms. The second kappa shape index (κ2) is 5.89. The third kappa shape index (κ3) is 2.53. The molecule has 0 aliphatic rings. The van der Waals surface area contributed by atoms with Gasteiger partial charge in [-0.25, -0.2) is 15.0 Å². The highest BCUT2D eigenvalue weighted by molar-refractivity contribution is 7.14. The molecule has 0 bridgehead atoms. The standard InChI is InChI=1S/C17H14ClN5S/c1-10-12(18)5-3-6-13(10)21-17-22-14(9-24-17)15-11(2)20-16-19-7-4-8-23(15)16/h3-9H,1-2H3,(H,21,22). The lowest BCUT2D eigenvalue weighted by atomic mass is 10.2. The number of aromatic nitrogens is 4. The minimum absolute atomic E-state index is 0.679. The van der Waals surface area contributed by atoms with E-state index >= 15 is 0 Å². The van der Waals surface area contributed by atoms with Crippen LogP contribution in [0.5, 0.6) is 0 Å². The van der Waals surface area contributed by atoms with Crippen LogP contribution in [0.15, 0.2) is 42.0 Å². The van der Waals surface area contributed by atoms with Gasteiger partial charge in [0, 0.05) is 28.5 Å². The summed E-state index contributed by atoms with van der Waals surface area (Å²) in [7, 11) is 0. The van der Waals surface area contributed by atoms with Crippen molar-refractivity contribution in [2.75, 3.05) is 5.32 Å². The maximum atomic E-state index is 6.18. The summed E-state index contributed by atoms with van der Waals surface area (Å²) >= 11 is 7.72. The van der Waals surface area contributed by atoms with Crippen LogP contribution in [0, 0.1) is 13.8 Å². The van der Waals surface area contributed by atoms with Crippen LogP contribution in [0.1, 0.15) is 11.3 Å². The minimum Gasteiger partial charge on any atom is -0.331 e. The van der Waals surface area contributed by atoms with Gasteiger partial charge in [-0.1, -0.05) is 17.7 Å². The molecule has 0 amide bonds. The zero-order valence-corrected chi connectivity index (χ0v) is 14.7. The van der Waals surface area contributed by atoms with Gasteiger partial charge >= 0.3 is 0 Å². The molecular weight excluding hydrogens is 342 g/mol. The van der Waals surface area contributed by atoms with Crippen molar-refractivity contribution < 1.29 is 0 Å². The Morgan fingerprint density at radius 3 is 2.92 bits per heavy atom. The molecule has 4 aromatic rings. The molecule has 120 valence electrons. The van der Waals surface area contributed by atoms with E-state index < -0.39 is 0 Å². The van der Waals surface area contributed by atoms with Crippen molar-refractivity contribution in [3.8, 4) is 11.4 Å². The van der Waals surface area contributed by atoms with Crippen molar-refractivity contribution in [1.29, 1.82) is 0 Å². The molecule has 0 fully saturated rings. The number of anilines is 2. The number of thiazole rings is 1. The van der Waals surface area contributed by atoms with Gasteiger partial charge in [0.15, 0.2) is 5.13 Å². The molecule has 0 atom stereocenters. The van der Waals surface area contributed by atoms with Crippen molar-refractivity contribution in [3.63, 3.8) is 0 Å². The Morgan fingerprint density at radius 2 is 2.04 bits per heavy atom. The van der Waals surface area contributed by atoms with Crippen molar-refractivity contribution in [3.05, 3.63) is 58.3 Å². The van der Waals surface area contributed by atoms with Gasteiger partial charge in [-0.05, 0) is 37.6 Å². The van der Waals surface area contributed by atoms with E-state index in [0.29, 0.717) is 5.78 Å². The summed E-state index contributed by atoms with van der Waals surface area (Å²) in [5.74, 6) is 0.679. The Morgan fingerprint density at radius 1 is 1.17 bits per heavy atom. The maximum absolute atomic E-state index is 6.18. The van der Waals surface area contributed by atoms with Gasteiger partial charge in [0.25, 0.3) is 0 Å². The highest BCUT2D eigenvalue weighted by Crippen LogP contribution is 2.31. The summed E-state index contributed by atoms with van der Waals surface area (Å²) in [5, 5.41) is 6.91. The first-order valence-electron chi connectivity index (χ1n) is 7.41. The van der Waals surface area contributed by atoms with E-state index in [-0.39, 0.29) is 0 Å². The van der Waals surface area contributed by atoms with Gasteiger partial charge in [-0.3, -0.25) is 4.40 Å². The molecule has 3 aromatic heterocycles. The van der Waals surface area contributed by atoms with Crippen LogP contribution < -0.4 is 5.32 Å². The van der Waals surface area contributed by atoms with Crippen molar-refractivity contribution >= 4 is 39.5 Å². The van der Waals surface area contributed by atoms with E-state index in [0.717, 1.165) is 38.5 Å². The molecule has 0 aliphatic carbocycles. The first-order chi connectivity index (χ1) is 11.6. The lowest BCUT2D eigenvalue weighted by Gasteiger charge is -2.07. The smallest absolute Gasteiger partial charge is 0.234 e. The summed E-state index contributed by atoms with van der Waals surface area (Å²) in [6.07, 6.45) is 3.69. The van der Waals surface area contributed by atoms with E-state index in [1.807, 2.05) is 54.1 Å². The first-order valence-corrected chi connectivity index (χ1v) is 8.67. The van der Waals surface area contributed by atoms with E-state index in [4.69, 9.17) is 16.6 Å². The summed E-state index contributed by atoms with van der Waals surface area (Å²) in [5.41, 5.74) is 4.71. The molecule has 0 aliphatic heterocycles. The predicted molar refractivity (Wildman–Crippen MR) is 98.3 cm³/mol. The number of benzene rings is 1. The Kier molecular flexibility index (Phi) is 3.70. The number of hydrogen-bond donors (Lipinski definition) is 1. The molecule has 3 heterocycles. The molecule has 0 radical (unpaired) electrons. The fraction of sp³-hybridized carbons (Fsp3) is 0.118. The lowest BCUT2D eigenvalue weighted by molar-refractivity contribution is 1.11. The molecule has 1 aromatic carbocycles. The van der Waals surface area contributed by atoms with Crippen LogP contribution in [0.3, 0.4) is 0 Å². The second-order valence-electron chi connectivity index (χ2n) is 5.41. The first kappa shape index (κ1) is 15.1. The normalized spacial score (nSPS) is 11.1. The van der Waals surface area contributed by atoms with Gasteiger partial charge < -0.3 is 5.32 Å². The zero-order valence-electron chi connectivity index (χ0n) is 13.1. The maximum Gasteiger partial charge on any atom is 0.234 e. The Labute approximate surface area is 148 Å². The number of nitrogens with zero attached hydrogens (tertiary/aromatic N) is 4. The van der Waals surface area contributed by atoms with Gasteiger partial charge in [0.2, 0.25) is 5.78 Å². The number of halogens is 1. The third-order valence-corrected chi connectivity index (χ3v) is 5.00. The Hall–Kier alpha value is -2.44. The largest absolute Gasteiger partial charge is 0.331 e. The zero-order chi connectivity index (χ0) is 16.7. The van der Waals surface area contributed by atoms with E-state index in [9.17, 15) is 0 Å². The van der Waals surface area contributed by atoms with Crippen LogP contribution in [0.25, 0.3) is 17.2 Å². The van der Waals surface area contributed by atoms with Crippen LogP contribution in [0.4, 0.5) is 10.8 Å². The second-order valence-corrected chi connectivity index (χ2v) is 6.68. The molecular formula is C17H14ClN5S. The van der Waals surface area contributed by atoms with Crippen LogP contribution in [0.2, 0.25) is 5.02 Å². The molecule has 7 heteroatoms. The molecule has 0 unspecified atom stereocenters. The van der Waals surface area contributed by atoms with Crippen LogP contribution in [-0.4, -0.2) is 19.4 Å². The quantitative estimate of drug-likeness (QED) is 0.569. The highest BCUT2D eigenvalue weighted by atomic mass is 35.5.